The number of aromatic nitrogens is 2. The van der Waals surface area contributed by atoms with E-state index in [1.165, 1.54) is 0 Å². The lowest BCUT2D eigenvalue weighted by atomic mass is 10.1. The Bertz CT molecular complexity index is 662. The minimum absolute atomic E-state index is 0.157. The van der Waals surface area contributed by atoms with Crippen molar-refractivity contribution in [2.24, 2.45) is 5.92 Å². The van der Waals surface area contributed by atoms with E-state index in [9.17, 15) is 9.90 Å². The largest absolute Gasteiger partial charge is 0.387 e. The number of aliphatic hydroxyl groups is 1. The zero-order valence-electron chi connectivity index (χ0n) is 14.9. The van der Waals surface area contributed by atoms with Crippen molar-refractivity contribution in [1.82, 2.24) is 15.1 Å². The van der Waals surface area contributed by atoms with E-state index < -0.39 is 6.10 Å². The summed E-state index contributed by atoms with van der Waals surface area (Å²) in [6, 6.07) is 9.52. The van der Waals surface area contributed by atoms with E-state index in [4.69, 9.17) is 0 Å². The average molecular weight is 329 g/mol. The fraction of sp³-hybridized carbons (Fsp3) is 0.474. The molecule has 0 aliphatic rings. The Morgan fingerprint density at radius 2 is 1.96 bits per heavy atom. The number of benzene rings is 1. The van der Waals surface area contributed by atoms with Crippen molar-refractivity contribution in [3.05, 3.63) is 52.8 Å². The molecule has 0 saturated carbocycles. The molecule has 2 N–H and O–H groups in total. The highest BCUT2D eigenvalue weighted by Crippen LogP contribution is 2.17. The maximum atomic E-state index is 12.6. The zero-order valence-corrected chi connectivity index (χ0v) is 14.9. The number of aromatic amines is 1. The Hall–Kier alpha value is -2.14. The van der Waals surface area contributed by atoms with E-state index in [2.05, 4.69) is 24.0 Å². The van der Waals surface area contributed by atoms with Gasteiger partial charge in [-0.3, -0.25) is 9.89 Å². The molecule has 5 nitrogen and oxygen atoms in total. The number of aliphatic hydroxyl groups excluding tert-OH is 1. The first-order valence-electron chi connectivity index (χ1n) is 8.48. The molecule has 1 aromatic carbocycles. The van der Waals surface area contributed by atoms with E-state index in [1.807, 2.05) is 44.2 Å². The second-order valence-corrected chi connectivity index (χ2v) is 6.65. The molecule has 130 valence electrons. The number of rotatable bonds is 7. The van der Waals surface area contributed by atoms with Crippen LogP contribution in [0.25, 0.3) is 0 Å². The maximum Gasteiger partial charge on any atom is 0.274 e. The average Bonchev–Trinajstić information content (AvgIpc) is 3.00. The Morgan fingerprint density at radius 1 is 1.29 bits per heavy atom. The van der Waals surface area contributed by atoms with Crippen molar-refractivity contribution in [2.75, 3.05) is 13.1 Å². The van der Waals surface area contributed by atoms with Gasteiger partial charge >= 0.3 is 0 Å². The molecule has 1 atom stereocenters. The third-order valence-electron chi connectivity index (χ3n) is 4.00. The molecular formula is C19H27N3O2. The molecule has 5 heteroatoms. The topological polar surface area (TPSA) is 69.2 Å². The van der Waals surface area contributed by atoms with Crippen LogP contribution in [0.1, 0.15) is 54.2 Å². The van der Waals surface area contributed by atoms with Crippen LogP contribution in [-0.2, 0) is 6.42 Å². The number of hydrogen-bond acceptors (Lipinski definition) is 3. The number of hydrogen-bond donors (Lipinski definition) is 2. The highest BCUT2D eigenvalue weighted by Gasteiger charge is 2.21. The first kappa shape index (κ1) is 18.2. The smallest absolute Gasteiger partial charge is 0.274 e. The van der Waals surface area contributed by atoms with E-state index in [0.29, 0.717) is 18.2 Å². The van der Waals surface area contributed by atoms with Gasteiger partial charge in [-0.05, 0) is 37.8 Å². The zero-order chi connectivity index (χ0) is 17.7. The first-order chi connectivity index (χ1) is 11.4. The van der Waals surface area contributed by atoms with E-state index in [0.717, 1.165) is 23.2 Å². The Kier molecular flexibility index (Phi) is 6.15. The molecule has 0 aliphatic carbocycles. The molecule has 0 fully saturated rings. The number of nitrogens with one attached hydrogen (secondary N) is 1. The van der Waals surface area contributed by atoms with Crippen molar-refractivity contribution in [2.45, 2.75) is 40.2 Å². The minimum atomic E-state index is -0.705. The Morgan fingerprint density at radius 3 is 2.54 bits per heavy atom. The van der Waals surface area contributed by atoms with Crippen molar-refractivity contribution in [3.63, 3.8) is 0 Å². The number of carbonyl (C=O) groups excluding carboxylic acids is 1. The predicted molar refractivity (Wildman–Crippen MR) is 94.8 cm³/mol. The van der Waals surface area contributed by atoms with Crippen LogP contribution in [0.3, 0.4) is 0 Å². The molecule has 0 radical (unpaired) electrons. The van der Waals surface area contributed by atoms with E-state index in [-0.39, 0.29) is 12.5 Å². The molecule has 1 amide bonds. The number of amides is 1. The molecule has 24 heavy (non-hydrogen) atoms. The summed E-state index contributed by atoms with van der Waals surface area (Å²) in [4.78, 5) is 14.3. The molecule has 0 spiro atoms. The fourth-order valence-corrected chi connectivity index (χ4v) is 2.64. The van der Waals surface area contributed by atoms with Crippen LogP contribution in [0.2, 0.25) is 0 Å². The number of aryl methyl sites for hydroxylation is 1. The minimum Gasteiger partial charge on any atom is -0.387 e. The molecule has 1 heterocycles. The van der Waals surface area contributed by atoms with Crippen LogP contribution in [0, 0.1) is 12.8 Å². The number of nitrogens with zero attached hydrogens (tertiary/aromatic N) is 2. The highest BCUT2D eigenvalue weighted by molar-refractivity contribution is 5.92. The third kappa shape index (κ3) is 4.68. The lowest BCUT2D eigenvalue weighted by Crippen LogP contribution is -2.34. The summed E-state index contributed by atoms with van der Waals surface area (Å²) in [6.07, 6.45) is 0.154. The second-order valence-electron chi connectivity index (χ2n) is 6.65. The number of H-pyrrole nitrogens is 1. The maximum absolute atomic E-state index is 12.6. The van der Waals surface area contributed by atoms with Crippen molar-refractivity contribution >= 4 is 5.91 Å². The van der Waals surface area contributed by atoms with Crippen LogP contribution < -0.4 is 0 Å². The quantitative estimate of drug-likeness (QED) is 0.820. The number of likely N-dealkylation sites (N-methyl/N-ethyl adjacent to an activating group) is 1. The van der Waals surface area contributed by atoms with Gasteiger partial charge in [-0.1, -0.05) is 43.7 Å². The van der Waals surface area contributed by atoms with Crippen molar-refractivity contribution < 1.29 is 9.90 Å². The Labute approximate surface area is 143 Å². The van der Waals surface area contributed by atoms with E-state index >= 15 is 0 Å². The molecule has 2 rings (SSSR count). The summed E-state index contributed by atoms with van der Waals surface area (Å²) < 4.78 is 0. The molecule has 0 aliphatic heterocycles. The molecule has 2 aromatic rings. The van der Waals surface area contributed by atoms with Gasteiger partial charge in [-0.25, -0.2) is 0 Å². The second kappa shape index (κ2) is 8.11. The number of carbonyl (C=O) groups is 1. The molecular weight excluding hydrogens is 302 g/mol. The molecule has 0 bridgehead atoms. The standard InChI is InChI=1S/C19H27N3O2/c1-5-22(12-18(23)15-8-6-14(4)7-9-15)19(24)17-11-16(20-21-17)10-13(2)3/h6-9,11,13,18,23H,5,10,12H2,1-4H3,(H,20,21). The SMILES string of the molecule is CCN(CC(O)c1ccc(C)cc1)C(=O)c1cc(CC(C)C)[nH]n1. The summed E-state index contributed by atoms with van der Waals surface area (Å²) in [5.74, 6) is 0.342. The van der Waals surface area contributed by atoms with Gasteiger partial charge in [0.1, 0.15) is 5.69 Å². The summed E-state index contributed by atoms with van der Waals surface area (Å²) in [6.45, 7) is 8.93. The van der Waals surface area contributed by atoms with Crippen LogP contribution in [-0.4, -0.2) is 39.2 Å². The lowest BCUT2D eigenvalue weighted by Gasteiger charge is -2.23. The summed E-state index contributed by atoms with van der Waals surface area (Å²) >= 11 is 0. The van der Waals surface area contributed by atoms with Crippen LogP contribution in [0.4, 0.5) is 0 Å². The Balaban J connectivity index is 2.05. The molecule has 0 saturated heterocycles. The van der Waals surface area contributed by atoms with Gasteiger partial charge in [-0.2, -0.15) is 5.10 Å². The fourth-order valence-electron chi connectivity index (χ4n) is 2.64. The first-order valence-corrected chi connectivity index (χ1v) is 8.48. The predicted octanol–water partition coefficient (Wildman–Crippen LogP) is 3.11. The summed E-state index contributed by atoms with van der Waals surface area (Å²) in [5.41, 5.74) is 3.32. The summed E-state index contributed by atoms with van der Waals surface area (Å²) in [7, 11) is 0. The van der Waals surface area contributed by atoms with Crippen LogP contribution in [0.15, 0.2) is 30.3 Å². The van der Waals surface area contributed by atoms with Gasteiger partial charge in [-0.15, -0.1) is 0 Å². The third-order valence-corrected chi connectivity index (χ3v) is 4.00. The molecule has 1 aromatic heterocycles. The van der Waals surface area contributed by atoms with Crippen molar-refractivity contribution in [1.29, 1.82) is 0 Å². The summed E-state index contributed by atoms with van der Waals surface area (Å²) in [5, 5.41) is 17.5. The van der Waals surface area contributed by atoms with Crippen LogP contribution >= 0.6 is 0 Å². The van der Waals surface area contributed by atoms with Gasteiger partial charge in [0.05, 0.1) is 12.6 Å². The monoisotopic (exact) mass is 329 g/mol. The van der Waals surface area contributed by atoms with Gasteiger partial charge in [0.25, 0.3) is 5.91 Å². The lowest BCUT2D eigenvalue weighted by molar-refractivity contribution is 0.0629. The van der Waals surface area contributed by atoms with Gasteiger partial charge < -0.3 is 10.0 Å². The van der Waals surface area contributed by atoms with Gasteiger partial charge in [0.15, 0.2) is 0 Å². The van der Waals surface area contributed by atoms with Gasteiger partial charge in [0, 0.05) is 12.2 Å². The van der Waals surface area contributed by atoms with Crippen LogP contribution in [0.5, 0.6) is 0 Å². The van der Waals surface area contributed by atoms with Crippen molar-refractivity contribution in [3.8, 4) is 0 Å². The van der Waals surface area contributed by atoms with Gasteiger partial charge in [0.2, 0.25) is 0 Å². The molecule has 1 unspecified atom stereocenters. The van der Waals surface area contributed by atoms with E-state index in [1.54, 1.807) is 4.90 Å². The highest BCUT2D eigenvalue weighted by atomic mass is 16.3. The normalized spacial score (nSPS) is 12.4.